The predicted octanol–water partition coefficient (Wildman–Crippen LogP) is 3.91. The van der Waals surface area contributed by atoms with Crippen LogP contribution >= 0.6 is 23.2 Å². The number of nitrogens with one attached hydrogen (secondary N) is 3. The lowest BCUT2D eigenvalue weighted by molar-refractivity contribution is -0.131. The van der Waals surface area contributed by atoms with Crippen LogP contribution in [0.1, 0.15) is 34.6 Å². The predicted molar refractivity (Wildman–Crippen MR) is 138 cm³/mol. The van der Waals surface area contributed by atoms with Gasteiger partial charge in [-0.25, -0.2) is 4.39 Å². The van der Waals surface area contributed by atoms with Crippen molar-refractivity contribution in [2.24, 2.45) is 0 Å². The maximum absolute atomic E-state index is 14.8. The quantitative estimate of drug-likeness (QED) is 0.399. The molecule has 0 saturated heterocycles. The van der Waals surface area contributed by atoms with Crippen LogP contribution in [-0.4, -0.2) is 55.0 Å². The molecule has 0 bridgehead atoms. The van der Waals surface area contributed by atoms with Crippen LogP contribution in [0.5, 0.6) is 0 Å². The largest absolute Gasteiger partial charge is 0.383 e. The van der Waals surface area contributed by atoms with E-state index in [4.69, 9.17) is 27.9 Å². The Kier molecular flexibility index (Phi) is 7.82. The summed E-state index contributed by atoms with van der Waals surface area (Å²) in [4.78, 5) is 41.9. The van der Waals surface area contributed by atoms with Crippen molar-refractivity contribution in [2.75, 3.05) is 38.7 Å². The molecular weight excluding hydrogens is 510 g/mol. The van der Waals surface area contributed by atoms with Crippen LogP contribution in [0.2, 0.25) is 10.0 Å². The van der Waals surface area contributed by atoms with Crippen LogP contribution in [0, 0.1) is 5.82 Å². The van der Waals surface area contributed by atoms with E-state index in [1.165, 1.54) is 19.2 Å². The van der Waals surface area contributed by atoms with E-state index in [1.54, 1.807) is 11.0 Å². The molecule has 8 nitrogen and oxygen atoms in total. The summed E-state index contributed by atoms with van der Waals surface area (Å²) in [5.74, 6) is -1.41. The monoisotopic (exact) mass is 534 g/mol. The zero-order valence-electron chi connectivity index (χ0n) is 19.7. The molecule has 2 aromatic carbocycles. The zero-order valence-corrected chi connectivity index (χ0v) is 21.2. The van der Waals surface area contributed by atoms with Gasteiger partial charge < -0.3 is 25.3 Å². The van der Waals surface area contributed by atoms with Crippen LogP contribution in [0.25, 0.3) is 10.8 Å². The Hall–Kier alpha value is -3.14. The average Bonchev–Trinajstić information content (AvgIpc) is 2.82. The van der Waals surface area contributed by atoms with Gasteiger partial charge in [0.2, 0.25) is 5.91 Å². The second-order valence-electron chi connectivity index (χ2n) is 8.51. The van der Waals surface area contributed by atoms with Gasteiger partial charge in [-0.1, -0.05) is 23.2 Å². The molecule has 0 radical (unpaired) electrons. The number of benzene rings is 2. The minimum Gasteiger partial charge on any atom is -0.383 e. The number of aromatic nitrogens is 1. The van der Waals surface area contributed by atoms with Gasteiger partial charge in [-0.2, -0.15) is 0 Å². The number of fused-ring (bicyclic) bond motifs is 2. The van der Waals surface area contributed by atoms with Gasteiger partial charge in [-0.05, 0) is 60.2 Å². The van der Waals surface area contributed by atoms with E-state index in [0.29, 0.717) is 35.0 Å². The summed E-state index contributed by atoms with van der Waals surface area (Å²) in [5.41, 5.74) is 1.35. The van der Waals surface area contributed by atoms with E-state index < -0.39 is 17.3 Å². The van der Waals surface area contributed by atoms with Crippen LogP contribution in [0.4, 0.5) is 10.1 Å². The third-order valence-electron chi connectivity index (χ3n) is 6.21. The number of pyridine rings is 1. The number of ether oxygens (including phenoxy) is 1. The normalized spacial score (nSPS) is 15.0. The number of nitrogens with zero attached hydrogens (tertiary/aromatic N) is 1. The SMILES string of the molecule is COCCNC(=O)c1cc2cc(NCC(=O)N3CCc4cc(Cl)cc(Cl)c4C3C)c(F)cc2c(=O)[nH]1. The molecule has 36 heavy (non-hydrogen) atoms. The molecule has 3 N–H and O–H groups in total. The van der Waals surface area contributed by atoms with Gasteiger partial charge >= 0.3 is 0 Å². The zero-order chi connectivity index (χ0) is 26.0. The second kappa shape index (κ2) is 10.9. The number of hydrogen-bond acceptors (Lipinski definition) is 5. The van der Waals surface area contributed by atoms with E-state index in [0.717, 1.165) is 17.2 Å². The molecule has 0 spiro atoms. The number of carbonyl (C=O) groups is 2. The fourth-order valence-corrected chi connectivity index (χ4v) is 5.12. The molecule has 11 heteroatoms. The number of amides is 2. The first-order valence-electron chi connectivity index (χ1n) is 11.3. The van der Waals surface area contributed by atoms with E-state index in [9.17, 15) is 18.8 Å². The maximum Gasteiger partial charge on any atom is 0.267 e. The van der Waals surface area contributed by atoms with Gasteiger partial charge in [-0.3, -0.25) is 14.4 Å². The highest BCUT2D eigenvalue weighted by Gasteiger charge is 2.29. The summed E-state index contributed by atoms with van der Waals surface area (Å²) in [6.45, 7) is 2.78. The number of hydrogen-bond donors (Lipinski definition) is 3. The van der Waals surface area contributed by atoms with Crippen molar-refractivity contribution < 1.29 is 18.7 Å². The van der Waals surface area contributed by atoms with Crippen molar-refractivity contribution in [2.45, 2.75) is 19.4 Å². The standard InChI is InChI=1S/C25H25Cl2FN4O4/c1-13-23-14(7-16(26)10-18(23)27)3-5-32(13)22(33)12-30-20-8-15-9-21(25(35)29-4-6-36-2)31-24(34)17(15)11-19(20)28/h7-11,13,30H,3-6,12H2,1-2H3,(H,29,35)(H,31,34). The van der Waals surface area contributed by atoms with Crippen LogP contribution in [0.15, 0.2) is 35.1 Å². The molecule has 0 aliphatic carbocycles. The van der Waals surface area contributed by atoms with Crippen molar-refractivity contribution in [3.05, 3.63) is 73.4 Å². The summed E-state index contributed by atoms with van der Waals surface area (Å²) >= 11 is 12.5. The van der Waals surface area contributed by atoms with E-state index >= 15 is 0 Å². The van der Waals surface area contributed by atoms with E-state index in [1.807, 2.05) is 13.0 Å². The third kappa shape index (κ3) is 5.33. The molecule has 1 aromatic heterocycles. The highest BCUT2D eigenvalue weighted by molar-refractivity contribution is 6.35. The Morgan fingerprint density at radius 1 is 1.22 bits per heavy atom. The number of aromatic amines is 1. The maximum atomic E-state index is 14.8. The lowest BCUT2D eigenvalue weighted by Gasteiger charge is -2.36. The molecule has 0 fully saturated rings. The van der Waals surface area contributed by atoms with Crippen molar-refractivity contribution in [3.8, 4) is 0 Å². The highest BCUT2D eigenvalue weighted by atomic mass is 35.5. The van der Waals surface area contributed by atoms with Crippen molar-refractivity contribution in [1.82, 2.24) is 15.2 Å². The summed E-state index contributed by atoms with van der Waals surface area (Å²) < 4.78 is 19.7. The first kappa shape index (κ1) is 25.9. The van der Waals surface area contributed by atoms with Crippen molar-refractivity contribution in [3.63, 3.8) is 0 Å². The van der Waals surface area contributed by atoms with Crippen LogP contribution < -0.4 is 16.2 Å². The number of H-pyrrole nitrogens is 1. The van der Waals surface area contributed by atoms with Gasteiger partial charge in [0.25, 0.3) is 11.5 Å². The lowest BCUT2D eigenvalue weighted by Crippen LogP contribution is -2.42. The van der Waals surface area contributed by atoms with Gasteiger partial charge in [-0.15, -0.1) is 0 Å². The fraction of sp³-hybridized carbons (Fsp3) is 0.320. The van der Waals surface area contributed by atoms with Crippen LogP contribution in [-0.2, 0) is 16.0 Å². The molecular formula is C25H25Cl2FN4O4. The minimum absolute atomic E-state index is 0.0371. The number of anilines is 1. The summed E-state index contributed by atoms with van der Waals surface area (Å²) in [7, 11) is 1.51. The van der Waals surface area contributed by atoms with E-state index in [-0.39, 0.29) is 41.8 Å². The summed E-state index contributed by atoms with van der Waals surface area (Å²) in [5, 5.41) is 6.95. The molecule has 2 heterocycles. The summed E-state index contributed by atoms with van der Waals surface area (Å²) in [6, 6.07) is 7.19. The number of halogens is 3. The highest BCUT2D eigenvalue weighted by Crippen LogP contribution is 2.37. The lowest BCUT2D eigenvalue weighted by atomic mass is 9.93. The minimum atomic E-state index is -0.687. The molecule has 1 aliphatic rings. The van der Waals surface area contributed by atoms with Crippen molar-refractivity contribution in [1.29, 1.82) is 0 Å². The Morgan fingerprint density at radius 3 is 2.75 bits per heavy atom. The molecule has 4 rings (SSSR count). The average molecular weight is 535 g/mol. The van der Waals surface area contributed by atoms with Gasteiger partial charge in [0.15, 0.2) is 0 Å². The van der Waals surface area contributed by atoms with Gasteiger partial charge in [0, 0.05) is 30.2 Å². The van der Waals surface area contributed by atoms with E-state index in [2.05, 4.69) is 15.6 Å². The van der Waals surface area contributed by atoms with Crippen molar-refractivity contribution >= 4 is 51.5 Å². The Bertz CT molecular complexity index is 1390. The molecule has 1 unspecified atom stereocenters. The fourth-order valence-electron chi connectivity index (χ4n) is 4.42. The van der Waals surface area contributed by atoms with Gasteiger partial charge in [0.1, 0.15) is 11.5 Å². The first-order valence-corrected chi connectivity index (χ1v) is 12.1. The Labute approximate surface area is 216 Å². The molecule has 2 amide bonds. The smallest absolute Gasteiger partial charge is 0.267 e. The third-order valence-corrected chi connectivity index (χ3v) is 6.74. The molecule has 1 aliphatic heterocycles. The van der Waals surface area contributed by atoms with Gasteiger partial charge in [0.05, 0.1) is 30.3 Å². The summed E-state index contributed by atoms with van der Waals surface area (Å²) in [6.07, 6.45) is 0.605. The molecule has 0 saturated carbocycles. The molecule has 1 atom stereocenters. The second-order valence-corrected chi connectivity index (χ2v) is 9.35. The number of carbonyl (C=O) groups excluding carboxylic acids is 2. The Balaban J connectivity index is 1.51. The topological polar surface area (TPSA) is 104 Å². The molecule has 3 aromatic rings. The number of rotatable bonds is 7. The van der Waals surface area contributed by atoms with Crippen LogP contribution in [0.3, 0.4) is 0 Å². The molecule has 190 valence electrons. The first-order chi connectivity index (χ1) is 17.2. The number of methoxy groups -OCH3 is 1. The Morgan fingerprint density at radius 2 is 2.00 bits per heavy atom.